The summed E-state index contributed by atoms with van der Waals surface area (Å²) in [5.41, 5.74) is 0.118. The lowest BCUT2D eigenvalue weighted by molar-refractivity contribution is 0.0691. The molecule has 1 aliphatic rings. The average molecular weight is 256 g/mol. The van der Waals surface area contributed by atoms with Gasteiger partial charge in [-0.2, -0.15) is 0 Å². The topological polar surface area (TPSA) is 53.4 Å². The Bertz CT molecular complexity index is 639. The molecule has 1 atom stereocenters. The van der Waals surface area contributed by atoms with Gasteiger partial charge in [0.1, 0.15) is 5.82 Å². The van der Waals surface area contributed by atoms with Gasteiger partial charge < -0.3 is 10.0 Å². The molecule has 3 rings (SSSR count). The lowest BCUT2D eigenvalue weighted by atomic mass is 10.1. The van der Waals surface area contributed by atoms with Gasteiger partial charge >= 0.3 is 5.97 Å². The third kappa shape index (κ3) is 2.03. The molecule has 2 heterocycles. The lowest BCUT2D eigenvalue weighted by Crippen LogP contribution is -2.28. The number of hydrogen-bond donors (Lipinski definition) is 1. The van der Waals surface area contributed by atoms with Crippen molar-refractivity contribution in [3.63, 3.8) is 0 Å². The molecule has 1 N–H and O–H groups in total. The molecule has 19 heavy (non-hydrogen) atoms. The summed E-state index contributed by atoms with van der Waals surface area (Å²) in [4.78, 5) is 17.8. The normalized spacial score (nSPS) is 19.0. The summed E-state index contributed by atoms with van der Waals surface area (Å²) in [6, 6.07) is 9.89. The number of pyridine rings is 1. The van der Waals surface area contributed by atoms with Crippen LogP contribution in [0.4, 0.5) is 5.82 Å². The molecule has 0 saturated carbocycles. The number of carbonyl (C=O) groups is 1. The van der Waals surface area contributed by atoms with Gasteiger partial charge in [-0.15, -0.1) is 0 Å². The van der Waals surface area contributed by atoms with Gasteiger partial charge in [0, 0.05) is 18.0 Å². The summed E-state index contributed by atoms with van der Waals surface area (Å²) in [5.74, 6) is -0.167. The predicted molar refractivity (Wildman–Crippen MR) is 74.7 cm³/mol. The van der Waals surface area contributed by atoms with Crippen LogP contribution in [0.5, 0.6) is 0 Å². The highest BCUT2D eigenvalue weighted by atomic mass is 16.4. The SMILES string of the molecule is CC1CCCN1c1nc(C(=O)O)cc2ccccc12. The molecule has 0 amide bonds. The quantitative estimate of drug-likeness (QED) is 0.897. The smallest absolute Gasteiger partial charge is 0.354 e. The Hall–Kier alpha value is -2.10. The first-order valence-electron chi connectivity index (χ1n) is 6.56. The van der Waals surface area contributed by atoms with Crippen LogP contribution in [0.3, 0.4) is 0 Å². The number of rotatable bonds is 2. The fourth-order valence-corrected chi connectivity index (χ4v) is 2.76. The summed E-state index contributed by atoms with van der Waals surface area (Å²) < 4.78 is 0. The number of carboxylic acid groups (broad SMARTS) is 1. The molecule has 1 aliphatic heterocycles. The van der Waals surface area contributed by atoms with Crippen molar-refractivity contribution in [1.82, 2.24) is 4.98 Å². The van der Waals surface area contributed by atoms with Crippen molar-refractivity contribution in [1.29, 1.82) is 0 Å². The maximum absolute atomic E-state index is 11.2. The summed E-state index contributed by atoms with van der Waals surface area (Å²) in [5, 5.41) is 11.2. The molecule has 4 nitrogen and oxygen atoms in total. The van der Waals surface area contributed by atoms with E-state index < -0.39 is 5.97 Å². The number of aromatic nitrogens is 1. The maximum atomic E-state index is 11.2. The Morgan fingerprint density at radius 3 is 2.89 bits per heavy atom. The van der Waals surface area contributed by atoms with Crippen molar-refractivity contribution in [3.05, 3.63) is 36.0 Å². The van der Waals surface area contributed by atoms with Gasteiger partial charge in [-0.05, 0) is 31.2 Å². The minimum absolute atomic E-state index is 0.118. The van der Waals surface area contributed by atoms with Crippen molar-refractivity contribution < 1.29 is 9.90 Å². The first-order chi connectivity index (χ1) is 9.16. The molecular weight excluding hydrogens is 240 g/mol. The van der Waals surface area contributed by atoms with Gasteiger partial charge in [0.15, 0.2) is 5.69 Å². The standard InChI is InChI=1S/C15H16N2O2/c1-10-5-4-8-17(10)14-12-7-3-2-6-11(12)9-13(16-14)15(18)19/h2-3,6-7,9-10H,4-5,8H2,1H3,(H,18,19). The molecule has 2 aromatic rings. The molecule has 1 fully saturated rings. The summed E-state index contributed by atoms with van der Waals surface area (Å²) in [6.45, 7) is 3.11. The highest BCUT2D eigenvalue weighted by Crippen LogP contribution is 2.31. The number of carboxylic acids is 1. The number of hydrogen-bond acceptors (Lipinski definition) is 3. The van der Waals surface area contributed by atoms with E-state index in [9.17, 15) is 9.90 Å². The highest BCUT2D eigenvalue weighted by molar-refractivity contribution is 5.98. The Balaban J connectivity index is 2.23. The summed E-state index contributed by atoms with van der Waals surface area (Å²) in [7, 11) is 0. The minimum Gasteiger partial charge on any atom is -0.477 e. The largest absolute Gasteiger partial charge is 0.477 e. The van der Waals surface area contributed by atoms with E-state index >= 15 is 0 Å². The van der Waals surface area contributed by atoms with Gasteiger partial charge in [-0.1, -0.05) is 24.3 Å². The zero-order valence-corrected chi connectivity index (χ0v) is 10.8. The van der Waals surface area contributed by atoms with Gasteiger partial charge in [0.2, 0.25) is 0 Å². The van der Waals surface area contributed by atoms with Gasteiger partial charge in [-0.3, -0.25) is 0 Å². The van der Waals surface area contributed by atoms with E-state index in [2.05, 4.69) is 16.8 Å². The summed E-state index contributed by atoms with van der Waals surface area (Å²) in [6.07, 6.45) is 2.27. The number of nitrogens with zero attached hydrogens (tertiary/aromatic N) is 2. The fraction of sp³-hybridized carbons (Fsp3) is 0.333. The number of anilines is 1. The second kappa shape index (κ2) is 4.53. The third-order valence-electron chi connectivity index (χ3n) is 3.76. The van der Waals surface area contributed by atoms with Gasteiger partial charge in [0.05, 0.1) is 0 Å². The maximum Gasteiger partial charge on any atom is 0.354 e. The monoisotopic (exact) mass is 256 g/mol. The highest BCUT2D eigenvalue weighted by Gasteiger charge is 2.24. The van der Waals surface area contributed by atoms with Crippen LogP contribution in [-0.2, 0) is 0 Å². The molecule has 0 bridgehead atoms. The average Bonchev–Trinajstić information content (AvgIpc) is 2.83. The molecule has 1 saturated heterocycles. The Labute approximate surface area is 111 Å². The molecule has 0 radical (unpaired) electrons. The Morgan fingerprint density at radius 2 is 2.21 bits per heavy atom. The van der Waals surface area contributed by atoms with Crippen molar-refractivity contribution in [2.45, 2.75) is 25.8 Å². The molecular formula is C15H16N2O2. The third-order valence-corrected chi connectivity index (χ3v) is 3.76. The molecule has 98 valence electrons. The number of aromatic carboxylic acids is 1. The second-order valence-electron chi connectivity index (χ2n) is 5.04. The van der Waals surface area contributed by atoms with E-state index in [-0.39, 0.29) is 5.69 Å². The van der Waals surface area contributed by atoms with Crippen molar-refractivity contribution in [3.8, 4) is 0 Å². The van der Waals surface area contributed by atoms with Crippen LogP contribution in [0.1, 0.15) is 30.3 Å². The van der Waals surface area contributed by atoms with Crippen LogP contribution in [0.2, 0.25) is 0 Å². The number of benzene rings is 1. The molecule has 0 spiro atoms. The first kappa shape index (κ1) is 12.0. The van der Waals surface area contributed by atoms with Crippen LogP contribution in [0.15, 0.2) is 30.3 Å². The fourth-order valence-electron chi connectivity index (χ4n) is 2.76. The van der Waals surface area contributed by atoms with Crippen molar-refractivity contribution in [2.24, 2.45) is 0 Å². The van der Waals surface area contributed by atoms with Crippen LogP contribution in [0, 0.1) is 0 Å². The molecule has 1 aromatic heterocycles. The zero-order chi connectivity index (χ0) is 13.4. The van der Waals surface area contributed by atoms with E-state index in [4.69, 9.17) is 0 Å². The zero-order valence-electron chi connectivity index (χ0n) is 10.8. The molecule has 1 aromatic carbocycles. The Morgan fingerprint density at radius 1 is 1.42 bits per heavy atom. The van der Waals surface area contributed by atoms with Crippen molar-refractivity contribution in [2.75, 3.05) is 11.4 Å². The molecule has 1 unspecified atom stereocenters. The lowest BCUT2D eigenvalue weighted by Gasteiger charge is -2.24. The van der Waals surface area contributed by atoms with Crippen LogP contribution >= 0.6 is 0 Å². The minimum atomic E-state index is -0.973. The van der Waals surface area contributed by atoms with E-state index in [1.165, 1.54) is 0 Å². The van der Waals surface area contributed by atoms with E-state index in [1.54, 1.807) is 6.07 Å². The van der Waals surface area contributed by atoms with Crippen LogP contribution in [0.25, 0.3) is 10.8 Å². The second-order valence-corrected chi connectivity index (χ2v) is 5.04. The summed E-state index contributed by atoms with van der Waals surface area (Å²) >= 11 is 0. The van der Waals surface area contributed by atoms with Gasteiger partial charge in [-0.25, -0.2) is 9.78 Å². The molecule has 4 heteroatoms. The van der Waals surface area contributed by atoms with E-state index in [0.29, 0.717) is 6.04 Å². The number of fused-ring (bicyclic) bond motifs is 1. The Kier molecular flexibility index (Phi) is 2.85. The van der Waals surface area contributed by atoms with Crippen molar-refractivity contribution >= 4 is 22.6 Å². The predicted octanol–water partition coefficient (Wildman–Crippen LogP) is 2.92. The van der Waals surface area contributed by atoms with Crippen LogP contribution < -0.4 is 4.90 Å². The van der Waals surface area contributed by atoms with E-state index in [0.717, 1.165) is 36.0 Å². The first-order valence-corrected chi connectivity index (χ1v) is 6.56. The van der Waals surface area contributed by atoms with E-state index in [1.807, 2.05) is 24.3 Å². The van der Waals surface area contributed by atoms with Gasteiger partial charge in [0.25, 0.3) is 0 Å². The molecule has 0 aliphatic carbocycles. The van der Waals surface area contributed by atoms with Crippen LogP contribution in [-0.4, -0.2) is 28.6 Å².